The third-order valence-electron chi connectivity index (χ3n) is 2.74. The molecule has 0 saturated carbocycles. The smallest absolute Gasteiger partial charge is 0.354 e. The lowest BCUT2D eigenvalue weighted by molar-refractivity contribution is 0.0687. The van der Waals surface area contributed by atoms with E-state index in [0.717, 1.165) is 6.26 Å². The van der Waals surface area contributed by atoms with E-state index in [1.807, 2.05) is 0 Å². The van der Waals surface area contributed by atoms with E-state index >= 15 is 0 Å². The number of pyridine rings is 1. The Morgan fingerprint density at radius 3 is 2.48 bits per heavy atom. The van der Waals surface area contributed by atoms with Crippen molar-refractivity contribution in [2.75, 3.05) is 6.26 Å². The lowest BCUT2D eigenvalue weighted by Gasteiger charge is -2.08. The van der Waals surface area contributed by atoms with Crippen molar-refractivity contribution in [2.24, 2.45) is 0 Å². The maximum Gasteiger partial charge on any atom is 0.354 e. The highest BCUT2D eigenvalue weighted by Crippen LogP contribution is 2.17. The van der Waals surface area contributed by atoms with Gasteiger partial charge in [-0.05, 0) is 30.3 Å². The van der Waals surface area contributed by atoms with E-state index < -0.39 is 15.8 Å². The third-order valence-corrected chi connectivity index (χ3v) is 3.87. The molecule has 0 amide bonds. The number of hydrogen-bond acceptors (Lipinski definition) is 5. The van der Waals surface area contributed by atoms with Gasteiger partial charge in [0, 0.05) is 18.0 Å². The monoisotopic (exact) mass is 307 g/mol. The van der Waals surface area contributed by atoms with E-state index in [9.17, 15) is 13.2 Å². The molecule has 0 aliphatic heterocycles. The quantitative estimate of drug-likeness (QED) is 0.904. The first-order valence-electron chi connectivity index (χ1n) is 5.98. The summed E-state index contributed by atoms with van der Waals surface area (Å²) >= 11 is 0. The van der Waals surface area contributed by atoms with Crippen molar-refractivity contribution < 1.29 is 23.1 Å². The zero-order valence-electron chi connectivity index (χ0n) is 11.2. The fourth-order valence-electron chi connectivity index (χ4n) is 1.69. The second-order valence-electron chi connectivity index (χ2n) is 4.35. The van der Waals surface area contributed by atoms with Crippen molar-refractivity contribution in [1.29, 1.82) is 0 Å². The molecule has 6 nitrogen and oxygen atoms in total. The molecule has 0 fully saturated rings. The average Bonchev–Trinajstić information content (AvgIpc) is 2.45. The Labute approximate surface area is 121 Å². The normalized spacial score (nSPS) is 11.1. The van der Waals surface area contributed by atoms with Crippen molar-refractivity contribution in [3.8, 4) is 5.75 Å². The van der Waals surface area contributed by atoms with Crippen molar-refractivity contribution >= 4 is 15.8 Å². The molecular weight excluding hydrogens is 294 g/mol. The Morgan fingerprint density at radius 2 is 1.90 bits per heavy atom. The number of carboxylic acids is 1. The van der Waals surface area contributed by atoms with Crippen LogP contribution in [0.4, 0.5) is 0 Å². The van der Waals surface area contributed by atoms with Gasteiger partial charge in [-0.3, -0.25) is 0 Å². The first kappa shape index (κ1) is 15.0. The second-order valence-corrected chi connectivity index (χ2v) is 6.36. The van der Waals surface area contributed by atoms with Crippen molar-refractivity contribution in [3.63, 3.8) is 0 Å². The number of hydrogen-bond donors (Lipinski definition) is 1. The molecule has 0 atom stereocenters. The molecule has 0 spiro atoms. The summed E-state index contributed by atoms with van der Waals surface area (Å²) in [5.74, 6) is -0.677. The van der Waals surface area contributed by atoms with Crippen LogP contribution in [0.2, 0.25) is 0 Å². The topological polar surface area (TPSA) is 93.6 Å². The molecule has 0 aliphatic rings. The van der Waals surface area contributed by atoms with Gasteiger partial charge in [0.05, 0.1) is 4.90 Å². The highest BCUT2D eigenvalue weighted by atomic mass is 32.2. The van der Waals surface area contributed by atoms with E-state index in [4.69, 9.17) is 9.84 Å². The largest absolute Gasteiger partial charge is 0.489 e. The van der Waals surface area contributed by atoms with Gasteiger partial charge in [-0.25, -0.2) is 18.2 Å². The Hall–Kier alpha value is -2.41. The number of aromatic nitrogens is 1. The molecule has 0 aliphatic carbocycles. The standard InChI is InChI=1S/C14H13NO5S/c1-21(18,19)12-6-4-11(5-7-12)20-9-10-3-2-8-15-13(10)14(16)17/h2-8H,9H2,1H3,(H,16,17). The van der Waals surface area contributed by atoms with Crippen LogP contribution in [0.3, 0.4) is 0 Å². The molecule has 1 aromatic carbocycles. The van der Waals surface area contributed by atoms with Gasteiger partial charge in [-0.2, -0.15) is 0 Å². The Kier molecular flexibility index (Phi) is 4.23. The van der Waals surface area contributed by atoms with Crippen LogP contribution in [-0.4, -0.2) is 30.7 Å². The predicted molar refractivity (Wildman–Crippen MR) is 75.1 cm³/mol. The van der Waals surface area contributed by atoms with E-state index in [0.29, 0.717) is 11.3 Å². The number of ether oxygens (including phenoxy) is 1. The Morgan fingerprint density at radius 1 is 1.24 bits per heavy atom. The number of carbonyl (C=O) groups is 1. The molecule has 0 bridgehead atoms. The summed E-state index contributed by atoms with van der Waals surface area (Å²) in [5, 5.41) is 9.00. The van der Waals surface area contributed by atoms with Crippen molar-refractivity contribution in [1.82, 2.24) is 4.98 Å². The van der Waals surface area contributed by atoms with Gasteiger partial charge in [0.2, 0.25) is 0 Å². The van der Waals surface area contributed by atoms with Crippen LogP contribution in [0.15, 0.2) is 47.5 Å². The summed E-state index contributed by atoms with van der Waals surface area (Å²) in [7, 11) is -3.25. The Bertz CT molecular complexity index is 753. The van der Waals surface area contributed by atoms with Crippen LogP contribution in [-0.2, 0) is 16.4 Å². The molecule has 2 rings (SSSR count). The Balaban J connectivity index is 2.12. The summed E-state index contributed by atoms with van der Waals surface area (Å²) in [5.41, 5.74) is 0.377. The van der Waals surface area contributed by atoms with Crippen LogP contribution >= 0.6 is 0 Å². The highest BCUT2D eigenvalue weighted by molar-refractivity contribution is 7.90. The number of carboxylic acid groups (broad SMARTS) is 1. The minimum atomic E-state index is -3.25. The van der Waals surface area contributed by atoms with E-state index in [-0.39, 0.29) is 17.2 Å². The van der Waals surface area contributed by atoms with Gasteiger partial charge >= 0.3 is 5.97 Å². The molecule has 2 aromatic rings. The minimum Gasteiger partial charge on any atom is -0.489 e. The number of rotatable bonds is 5. The first-order valence-corrected chi connectivity index (χ1v) is 7.87. The lowest BCUT2D eigenvalue weighted by atomic mass is 10.2. The molecular formula is C14H13NO5S. The van der Waals surface area contributed by atoms with Crippen LogP contribution in [0, 0.1) is 0 Å². The predicted octanol–water partition coefficient (Wildman–Crippen LogP) is 1.76. The number of benzene rings is 1. The molecule has 1 heterocycles. The van der Waals surface area contributed by atoms with Crippen LogP contribution < -0.4 is 4.74 Å². The first-order chi connectivity index (χ1) is 9.88. The highest BCUT2D eigenvalue weighted by Gasteiger charge is 2.11. The molecule has 1 aromatic heterocycles. The minimum absolute atomic E-state index is 0.0354. The molecule has 1 N–H and O–H groups in total. The molecule has 110 valence electrons. The summed E-state index contributed by atoms with van der Waals surface area (Å²) in [6.07, 6.45) is 2.52. The SMILES string of the molecule is CS(=O)(=O)c1ccc(OCc2cccnc2C(=O)O)cc1. The van der Waals surface area contributed by atoms with Crippen LogP contribution in [0.1, 0.15) is 16.1 Å². The maximum absolute atomic E-state index is 11.3. The zero-order chi connectivity index (χ0) is 15.5. The summed E-state index contributed by atoms with van der Waals surface area (Å²) < 4.78 is 28.1. The van der Waals surface area contributed by atoms with Gasteiger partial charge in [-0.15, -0.1) is 0 Å². The van der Waals surface area contributed by atoms with Gasteiger partial charge in [0.1, 0.15) is 12.4 Å². The maximum atomic E-state index is 11.3. The fourth-order valence-corrected chi connectivity index (χ4v) is 2.32. The third kappa shape index (κ3) is 3.79. The number of sulfone groups is 1. The number of aromatic carboxylic acids is 1. The van der Waals surface area contributed by atoms with E-state index in [2.05, 4.69) is 4.98 Å². The van der Waals surface area contributed by atoms with Gasteiger partial charge in [0.25, 0.3) is 0 Å². The van der Waals surface area contributed by atoms with Crippen LogP contribution in [0.5, 0.6) is 5.75 Å². The van der Waals surface area contributed by atoms with Crippen molar-refractivity contribution in [2.45, 2.75) is 11.5 Å². The summed E-state index contributed by atoms with van der Waals surface area (Å²) in [6, 6.07) is 9.15. The molecule has 0 saturated heterocycles. The zero-order valence-corrected chi connectivity index (χ0v) is 12.0. The molecule has 0 radical (unpaired) electrons. The van der Waals surface area contributed by atoms with Crippen molar-refractivity contribution in [3.05, 3.63) is 53.9 Å². The van der Waals surface area contributed by atoms with Crippen LogP contribution in [0.25, 0.3) is 0 Å². The van der Waals surface area contributed by atoms with Gasteiger partial charge in [-0.1, -0.05) is 6.07 Å². The fraction of sp³-hybridized carbons (Fsp3) is 0.143. The lowest BCUT2D eigenvalue weighted by Crippen LogP contribution is -2.08. The van der Waals surface area contributed by atoms with E-state index in [1.165, 1.54) is 30.5 Å². The number of nitrogens with zero attached hydrogens (tertiary/aromatic N) is 1. The molecule has 7 heteroatoms. The summed E-state index contributed by atoms with van der Waals surface area (Å²) in [4.78, 5) is 15.0. The average molecular weight is 307 g/mol. The summed E-state index contributed by atoms with van der Waals surface area (Å²) in [6.45, 7) is 0.0354. The molecule has 0 unspecified atom stereocenters. The van der Waals surface area contributed by atoms with E-state index in [1.54, 1.807) is 12.1 Å². The van der Waals surface area contributed by atoms with Gasteiger partial charge < -0.3 is 9.84 Å². The van der Waals surface area contributed by atoms with Gasteiger partial charge in [0.15, 0.2) is 15.5 Å². The molecule has 21 heavy (non-hydrogen) atoms. The second kappa shape index (κ2) is 5.92.